The number of alkyl halides is 2. The minimum absolute atomic E-state index is 0.103. The molecule has 0 spiro atoms. The maximum absolute atomic E-state index is 14.1. The van der Waals surface area contributed by atoms with E-state index in [2.05, 4.69) is 23.5 Å². The van der Waals surface area contributed by atoms with E-state index in [1.54, 1.807) is 37.4 Å². The molecule has 0 saturated carbocycles. The lowest BCUT2D eigenvalue weighted by molar-refractivity contribution is -0.112. The Morgan fingerprint density at radius 3 is 2.53 bits per heavy atom. The molecule has 0 aliphatic heterocycles. The van der Waals surface area contributed by atoms with Crippen LogP contribution >= 0.6 is 0 Å². The number of nitrogens with zero attached hydrogens (tertiary/aromatic N) is 1. The van der Waals surface area contributed by atoms with Crippen LogP contribution in [0.2, 0.25) is 0 Å². The zero-order chi connectivity index (χ0) is 22.5. The van der Waals surface area contributed by atoms with Crippen LogP contribution < -0.4 is 5.32 Å². The van der Waals surface area contributed by atoms with Crippen molar-refractivity contribution in [1.82, 2.24) is 4.98 Å². The van der Waals surface area contributed by atoms with Crippen molar-refractivity contribution in [3.63, 3.8) is 0 Å². The van der Waals surface area contributed by atoms with E-state index in [4.69, 9.17) is 0 Å². The van der Waals surface area contributed by atoms with Gasteiger partial charge in [-0.3, -0.25) is 4.79 Å². The van der Waals surface area contributed by atoms with Crippen molar-refractivity contribution in [1.29, 1.82) is 0 Å². The first kappa shape index (κ1) is 23.2. The molecule has 0 fully saturated rings. The second-order valence-corrected chi connectivity index (χ2v) is 7.01. The first-order valence-electron chi connectivity index (χ1n) is 10.0. The van der Waals surface area contributed by atoms with Gasteiger partial charge in [-0.05, 0) is 66.8 Å². The Labute approximate surface area is 177 Å². The van der Waals surface area contributed by atoms with Gasteiger partial charge in [0.15, 0.2) is 0 Å². The largest absolute Gasteiger partial charge is 0.307 e. The highest BCUT2D eigenvalue weighted by molar-refractivity contribution is 6.06. The number of hydrogen-bond acceptors (Lipinski definition) is 2. The van der Waals surface area contributed by atoms with Gasteiger partial charge < -0.3 is 5.32 Å². The van der Waals surface area contributed by atoms with E-state index in [0.717, 1.165) is 16.7 Å². The number of carbonyl (C=O) groups is 1. The fraction of sp³-hybridized carbons (Fsp3) is 0.280. The normalized spacial score (nSPS) is 14.3. The molecule has 1 aliphatic carbocycles. The Balaban J connectivity index is 0.00000155. The topological polar surface area (TPSA) is 42.0 Å². The SMILES string of the molecule is C=C/C=C(\C(=C)C)C(=O)Nc1ccc(-c2cc3c(cc2C)CCC3(F)F)cn1.CC. The Morgan fingerprint density at radius 1 is 1.27 bits per heavy atom. The predicted octanol–water partition coefficient (Wildman–Crippen LogP) is 6.75. The van der Waals surface area contributed by atoms with Gasteiger partial charge in [0.25, 0.3) is 11.8 Å². The number of hydrogen-bond donors (Lipinski definition) is 1. The summed E-state index contributed by atoms with van der Waals surface area (Å²) in [5.41, 5.74) is 4.22. The first-order chi connectivity index (χ1) is 14.2. The fourth-order valence-corrected chi connectivity index (χ4v) is 3.39. The maximum Gasteiger partial charge on any atom is 0.273 e. The monoisotopic (exact) mass is 410 g/mol. The molecule has 3 nitrogen and oxygen atoms in total. The Kier molecular flexibility index (Phi) is 7.43. The number of nitrogens with one attached hydrogen (secondary N) is 1. The van der Waals surface area contributed by atoms with Crippen LogP contribution in [0.25, 0.3) is 11.1 Å². The van der Waals surface area contributed by atoms with Gasteiger partial charge in [-0.25, -0.2) is 13.8 Å². The number of fused-ring (bicyclic) bond motifs is 1. The van der Waals surface area contributed by atoms with Gasteiger partial charge in [0.1, 0.15) is 5.82 Å². The van der Waals surface area contributed by atoms with Crippen molar-refractivity contribution >= 4 is 11.7 Å². The molecule has 1 aromatic heterocycles. The third-order valence-corrected chi connectivity index (χ3v) is 4.86. The van der Waals surface area contributed by atoms with Crippen LogP contribution in [0.3, 0.4) is 0 Å². The molecule has 1 amide bonds. The zero-order valence-electron chi connectivity index (χ0n) is 18.0. The number of benzene rings is 1. The third-order valence-electron chi connectivity index (χ3n) is 4.86. The van der Waals surface area contributed by atoms with E-state index in [-0.39, 0.29) is 17.9 Å². The second-order valence-electron chi connectivity index (χ2n) is 7.01. The molecular weight excluding hydrogens is 382 g/mol. The fourth-order valence-electron chi connectivity index (χ4n) is 3.39. The van der Waals surface area contributed by atoms with Crippen LogP contribution in [-0.4, -0.2) is 10.9 Å². The van der Waals surface area contributed by atoms with Crippen molar-refractivity contribution in [2.75, 3.05) is 5.32 Å². The van der Waals surface area contributed by atoms with E-state index in [1.165, 1.54) is 6.08 Å². The van der Waals surface area contributed by atoms with Gasteiger partial charge in [-0.2, -0.15) is 0 Å². The minimum Gasteiger partial charge on any atom is -0.307 e. The van der Waals surface area contributed by atoms with E-state index in [0.29, 0.717) is 28.9 Å². The minimum atomic E-state index is -2.78. The highest BCUT2D eigenvalue weighted by Gasteiger charge is 2.39. The van der Waals surface area contributed by atoms with E-state index < -0.39 is 5.92 Å². The quantitative estimate of drug-likeness (QED) is 0.438. The highest BCUT2D eigenvalue weighted by atomic mass is 19.3. The third kappa shape index (κ3) is 4.90. The van der Waals surface area contributed by atoms with Crippen molar-refractivity contribution in [3.8, 4) is 11.1 Å². The molecule has 0 atom stereocenters. The summed E-state index contributed by atoms with van der Waals surface area (Å²) in [6.45, 7) is 15.0. The first-order valence-corrected chi connectivity index (χ1v) is 10.0. The molecule has 0 bridgehead atoms. The van der Waals surface area contributed by atoms with Crippen molar-refractivity contribution in [2.24, 2.45) is 0 Å². The van der Waals surface area contributed by atoms with Gasteiger partial charge in [-0.15, -0.1) is 0 Å². The summed E-state index contributed by atoms with van der Waals surface area (Å²) in [7, 11) is 0. The summed E-state index contributed by atoms with van der Waals surface area (Å²) >= 11 is 0. The number of aromatic nitrogens is 1. The molecule has 1 heterocycles. The Morgan fingerprint density at radius 2 is 1.97 bits per heavy atom. The summed E-state index contributed by atoms with van der Waals surface area (Å²) < 4.78 is 28.2. The maximum atomic E-state index is 14.1. The van der Waals surface area contributed by atoms with Crippen molar-refractivity contribution < 1.29 is 13.6 Å². The summed E-state index contributed by atoms with van der Waals surface area (Å²) in [6, 6.07) is 6.82. The number of anilines is 1. The predicted molar refractivity (Wildman–Crippen MR) is 120 cm³/mol. The number of amides is 1. The van der Waals surface area contributed by atoms with Crippen LogP contribution in [0.4, 0.5) is 14.6 Å². The molecule has 30 heavy (non-hydrogen) atoms. The highest BCUT2D eigenvalue weighted by Crippen LogP contribution is 2.44. The van der Waals surface area contributed by atoms with Crippen LogP contribution in [-0.2, 0) is 17.1 Å². The molecule has 0 unspecified atom stereocenters. The van der Waals surface area contributed by atoms with Crippen molar-refractivity contribution in [2.45, 2.75) is 46.5 Å². The number of halogens is 2. The Bertz CT molecular complexity index is 989. The number of carbonyl (C=O) groups excluding carboxylic acids is 1. The summed E-state index contributed by atoms with van der Waals surface area (Å²) in [4.78, 5) is 16.6. The average molecular weight is 411 g/mol. The number of allylic oxidation sites excluding steroid dienone is 2. The van der Waals surface area contributed by atoms with Crippen LogP contribution in [0.15, 0.2) is 66.9 Å². The smallest absolute Gasteiger partial charge is 0.273 e. The van der Waals surface area contributed by atoms with Gasteiger partial charge >= 0.3 is 0 Å². The molecule has 158 valence electrons. The standard InChI is InChI=1S/C23H22F2N2O.C2H6/c1-5-6-18(14(2)3)22(28)27-21-8-7-17(13-26-21)19-12-20-16(11-15(19)4)9-10-23(20,24)25;1-2/h5-8,11-13H,1-2,9-10H2,3-4H3,(H,26,27,28);1-2H3/b18-6+;. The molecule has 3 rings (SSSR count). The lowest BCUT2D eigenvalue weighted by Crippen LogP contribution is -2.15. The number of pyridine rings is 1. The van der Waals surface area contributed by atoms with Gasteiger partial charge in [-0.1, -0.05) is 39.1 Å². The summed E-state index contributed by atoms with van der Waals surface area (Å²) in [5.74, 6) is -2.75. The van der Waals surface area contributed by atoms with Gasteiger partial charge in [0.05, 0.1) is 0 Å². The lowest BCUT2D eigenvalue weighted by Gasteiger charge is -2.14. The van der Waals surface area contributed by atoms with Crippen LogP contribution in [0, 0.1) is 6.92 Å². The zero-order valence-corrected chi connectivity index (χ0v) is 18.0. The second kappa shape index (κ2) is 9.61. The molecule has 1 N–H and O–H groups in total. The van der Waals surface area contributed by atoms with Crippen molar-refractivity contribution in [3.05, 3.63) is 83.6 Å². The molecule has 1 aliphatic rings. The molecule has 2 aromatic rings. The van der Waals surface area contributed by atoms with E-state index >= 15 is 0 Å². The lowest BCUT2D eigenvalue weighted by atomic mass is 9.96. The molecule has 1 aromatic carbocycles. The van der Waals surface area contributed by atoms with Crippen LogP contribution in [0.5, 0.6) is 0 Å². The number of rotatable bonds is 5. The molecule has 0 radical (unpaired) electrons. The summed E-state index contributed by atoms with van der Waals surface area (Å²) in [5, 5.41) is 2.71. The Hall–Kier alpha value is -3.08. The van der Waals surface area contributed by atoms with Gasteiger partial charge in [0, 0.05) is 29.3 Å². The van der Waals surface area contributed by atoms with E-state index in [9.17, 15) is 13.6 Å². The van der Waals surface area contributed by atoms with Crippen LogP contribution in [0.1, 0.15) is 43.9 Å². The van der Waals surface area contributed by atoms with E-state index in [1.807, 2.05) is 26.8 Å². The average Bonchev–Trinajstić information content (AvgIpc) is 3.01. The molecule has 5 heteroatoms. The molecule has 0 saturated heterocycles. The molecular formula is C25H28F2N2O. The number of aryl methyl sites for hydroxylation is 2. The summed E-state index contributed by atoms with van der Waals surface area (Å²) in [6.07, 6.45) is 4.94. The van der Waals surface area contributed by atoms with Gasteiger partial charge in [0.2, 0.25) is 0 Å².